The monoisotopic (exact) mass is 301 g/mol. The Morgan fingerprint density at radius 3 is 2.55 bits per heavy atom. The topological polar surface area (TPSA) is 86.9 Å². The highest BCUT2D eigenvalue weighted by molar-refractivity contribution is 7.99. The zero-order valence-corrected chi connectivity index (χ0v) is 13.6. The van der Waals surface area contributed by atoms with Crippen LogP contribution in [0.4, 0.5) is 0 Å². The molecular weight excluding hydrogens is 276 g/mol. The highest BCUT2D eigenvalue weighted by atomic mass is 32.2. The lowest BCUT2D eigenvalue weighted by Crippen LogP contribution is -2.54. The molecule has 0 fully saturated rings. The predicted molar refractivity (Wildman–Crippen MR) is 78.0 cm³/mol. The zero-order chi connectivity index (χ0) is 15.1. The molecule has 0 aliphatic carbocycles. The SMILES string of the molecule is CCN(CC)C(=O)CSc1nnc([C@@H]([NH3+])CC(C)C)o1. The molecule has 0 aliphatic rings. The first-order valence-electron chi connectivity index (χ1n) is 7.04. The smallest absolute Gasteiger partial charge is 0.277 e. The van der Waals surface area contributed by atoms with Gasteiger partial charge in [0, 0.05) is 19.5 Å². The molecule has 20 heavy (non-hydrogen) atoms. The van der Waals surface area contributed by atoms with Gasteiger partial charge < -0.3 is 15.1 Å². The molecule has 114 valence electrons. The van der Waals surface area contributed by atoms with Gasteiger partial charge in [-0.25, -0.2) is 0 Å². The van der Waals surface area contributed by atoms with E-state index in [1.54, 1.807) is 4.90 Å². The first kappa shape index (κ1) is 17.0. The Morgan fingerprint density at radius 2 is 2.00 bits per heavy atom. The number of rotatable bonds is 8. The van der Waals surface area contributed by atoms with Crippen LogP contribution < -0.4 is 5.73 Å². The van der Waals surface area contributed by atoms with Crippen LogP contribution in [0, 0.1) is 5.92 Å². The molecule has 1 aromatic heterocycles. The Bertz CT molecular complexity index is 418. The van der Waals surface area contributed by atoms with Gasteiger partial charge in [0.1, 0.15) is 0 Å². The van der Waals surface area contributed by atoms with Crippen LogP contribution in [0.5, 0.6) is 0 Å². The standard InChI is InChI=1S/C13H24N4O2S/c1-5-17(6-2)11(18)8-20-13-16-15-12(19-13)10(14)7-9(3)4/h9-10H,5-8,14H2,1-4H3/p+1/t10-/m0/s1. The van der Waals surface area contributed by atoms with E-state index in [9.17, 15) is 4.79 Å². The summed E-state index contributed by atoms with van der Waals surface area (Å²) in [7, 11) is 0. The Balaban J connectivity index is 2.50. The van der Waals surface area contributed by atoms with E-state index in [4.69, 9.17) is 4.42 Å². The lowest BCUT2D eigenvalue weighted by atomic mass is 10.1. The van der Waals surface area contributed by atoms with Crippen molar-refractivity contribution in [2.45, 2.75) is 45.4 Å². The van der Waals surface area contributed by atoms with Crippen molar-refractivity contribution in [3.63, 3.8) is 0 Å². The van der Waals surface area contributed by atoms with Crippen molar-refractivity contribution < 1.29 is 14.9 Å². The van der Waals surface area contributed by atoms with E-state index in [0.717, 1.165) is 19.5 Å². The summed E-state index contributed by atoms with van der Waals surface area (Å²) in [6.07, 6.45) is 0.907. The van der Waals surface area contributed by atoms with Crippen LogP contribution >= 0.6 is 11.8 Å². The molecule has 1 aromatic rings. The Labute approximate surface area is 124 Å². The molecule has 1 heterocycles. The largest absolute Gasteiger partial charge is 0.410 e. The normalized spacial score (nSPS) is 12.7. The summed E-state index contributed by atoms with van der Waals surface area (Å²) >= 11 is 1.29. The quantitative estimate of drug-likeness (QED) is 0.733. The van der Waals surface area contributed by atoms with Crippen LogP contribution in [-0.4, -0.2) is 39.8 Å². The molecule has 0 aliphatic heterocycles. The maximum absolute atomic E-state index is 11.9. The molecule has 0 bridgehead atoms. The van der Waals surface area contributed by atoms with Crippen LogP contribution in [-0.2, 0) is 4.79 Å². The predicted octanol–water partition coefficient (Wildman–Crippen LogP) is 1.36. The van der Waals surface area contributed by atoms with Gasteiger partial charge in [0.2, 0.25) is 5.91 Å². The van der Waals surface area contributed by atoms with Gasteiger partial charge in [-0.1, -0.05) is 25.6 Å². The summed E-state index contributed by atoms with van der Waals surface area (Å²) in [5.74, 6) is 1.50. The van der Waals surface area contributed by atoms with Crippen LogP contribution in [0.2, 0.25) is 0 Å². The number of aromatic nitrogens is 2. The summed E-state index contributed by atoms with van der Waals surface area (Å²) in [6, 6.07) is 0.00957. The number of nitrogens with zero attached hydrogens (tertiary/aromatic N) is 3. The minimum atomic E-state index is 0.00957. The fraction of sp³-hybridized carbons (Fsp3) is 0.769. The van der Waals surface area contributed by atoms with E-state index in [-0.39, 0.29) is 11.9 Å². The average Bonchev–Trinajstić information content (AvgIpc) is 2.86. The van der Waals surface area contributed by atoms with Crippen LogP contribution in [0.25, 0.3) is 0 Å². The summed E-state index contributed by atoms with van der Waals surface area (Å²) in [5, 5.41) is 8.41. The summed E-state index contributed by atoms with van der Waals surface area (Å²) in [6.45, 7) is 9.65. The Kier molecular flexibility index (Phi) is 7.01. The number of amides is 1. The molecule has 0 saturated carbocycles. The van der Waals surface area contributed by atoms with Gasteiger partial charge in [0.25, 0.3) is 11.1 Å². The van der Waals surface area contributed by atoms with Crippen molar-refractivity contribution in [3.05, 3.63) is 5.89 Å². The van der Waals surface area contributed by atoms with E-state index in [1.165, 1.54) is 11.8 Å². The third-order valence-corrected chi connectivity index (χ3v) is 3.77. The highest BCUT2D eigenvalue weighted by Crippen LogP contribution is 2.21. The molecule has 0 spiro atoms. The number of thioether (sulfide) groups is 1. The molecule has 6 nitrogen and oxygen atoms in total. The number of carbonyl (C=O) groups is 1. The van der Waals surface area contributed by atoms with E-state index < -0.39 is 0 Å². The molecule has 7 heteroatoms. The van der Waals surface area contributed by atoms with Crippen LogP contribution in [0.15, 0.2) is 9.64 Å². The molecule has 0 aromatic carbocycles. The first-order valence-corrected chi connectivity index (χ1v) is 8.03. The van der Waals surface area contributed by atoms with Crippen LogP contribution in [0.3, 0.4) is 0 Å². The lowest BCUT2D eigenvalue weighted by molar-refractivity contribution is -0.435. The molecule has 0 unspecified atom stereocenters. The van der Waals surface area contributed by atoms with Gasteiger partial charge in [0.15, 0.2) is 6.04 Å². The van der Waals surface area contributed by atoms with Gasteiger partial charge in [-0.2, -0.15) is 0 Å². The first-order chi connectivity index (χ1) is 9.47. The molecule has 1 atom stereocenters. The van der Waals surface area contributed by atoms with Crippen molar-refractivity contribution >= 4 is 17.7 Å². The Hall–Kier alpha value is -1.08. The van der Waals surface area contributed by atoms with Crippen molar-refractivity contribution in [3.8, 4) is 0 Å². The summed E-state index contributed by atoms with van der Waals surface area (Å²) < 4.78 is 5.55. The van der Waals surface area contributed by atoms with Gasteiger partial charge in [-0.05, 0) is 19.8 Å². The number of hydrogen-bond donors (Lipinski definition) is 1. The van der Waals surface area contributed by atoms with Gasteiger partial charge >= 0.3 is 0 Å². The van der Waals surface area contributed by atoms with Gasteiger partial charge in [-0.3, -0.25) is 4.79 Å². The second kappa shape index (κ2) is 8.26. The third kappa shape index (κ3) is 5.13. The second-order valence-electron chi connectivity index (χ2n) is 5.09. The molecular formula is C13H25N4O2S+. The second-order valence-corrected chi connectivity index (χ2v) is 6.01. The van der Waals surface area contributed by atoms with Crippen molar-refractivity contribution in [2.24, 2.45) is 5.92 Å². The van der Waals surface area contributed by atoms with E-state index in [0.29, 0.717) is 22.8 Å². The van der Waals surface area contributed by atoms with E-state index in [1.807, 2.05) is 13.8 Å². The summed E-state index contributed by atoms with van der Waals surface area (Å²) in [4.78, 5) is 13.7. The van der Waals surface area contributed by atoms with Gasteiger partial charge in [-0.15, -0.1) is 10.2 Å². The zero-order valence-electron chi connectivity index (χ0n) is 12.8. The Morgan fingerprint density at radius 1 is 1.35 bits per heavy atom. The fourth-order valence-corrected chi connectivity index (χ4v) is 2.58. The molecule has 3 N–H and O–H groups in total. The van der Waals surface area contributed by atoms with E-state index >= 15 is 0 Å². The molecule has 0 saturated heterocycles. The van der Waals surface area contributed by atoms with Gasteiger partial charge in [0.05, 0.1) is 5.75 Å². The fourth-order valence-electron chi connectivity index (χ4n) is 1.90. The average molecular weight is 301 g/mol. The maximum atomic E-state index is 11.9. The van der Waals surface area contributed by atoms with E-state index in [2.05, 4.69) is 29.8 Å². The maximum Gasteiger partial charge on any atom is 0.277 e. The van der Waals surface area contributed by atoms with Crippen molar-refractivity contribution in [1.82, 2.24) is 15.1 Å². The minimum absolute atomic E-state index is 0.00957. The lowest BCUT2D eigenvalue weighted by Gasteiger charge is -2.17. The number of quaternary nitrogens is 1. The number of carbonyl (C=O) groups excluding carboxylic acids is 1. The highest BCUT2D eigenvalue weighted by Gasteiger charge is 2.20. The van der Waals surface area contributed by atoms with Crippen molar-refractivity contribution in [2.75, 3.05) is 18.8 Å². The minimum Gasteiger partial charge on any atom is -0.410 e. The molecule has 1 rings (SSSR count). The third-order valence-electron chi connectivity index (χ3n) is 2.96. The number of hydrogen-bond acceptors (Lipinski definition) is 5. The molecule has 1 amide bonds. The summed E-state index contributed by atoms with van der Waals surface area (Å²) in [5.41, 5.74) is 4.03. The van der Waals surface area contributed by atoms with Crippen LogP contribution in [0.1, 0.15) is 46.0 Å². The van der Waals surface area contributed by atoms with Crippen molar-refractivity contribution in [1.29, 1.82) is 0 Å². The molecule has 0 radical (unpaired) electrons.